The van der Waals surface area contributed by atoms with Gasteiger partial charge in [0.2, 0.25) is 0 Å². The van der Waals surface area contributed by atoms with Crippen molar-refractivity contribution in [3.8, 4) is 5.75 Å². The third kappa shape index (κ3) is 7.17. The average molecular weight is 460 g/mol. The number of anilines is 1. The van der Waals surface area contributed by atoms with Crippen LogP contribution in [0.15, 0.2) is 52.4 Å². The smallest absolute Gasteiger partial charge is 0.196 e. The number of thioether (sulfide) groups is 2. The molecule has 2 aromatic carbocycles. The van der Waals surface area contributed by atoms with Crippen molar-refractivity contribution in [2.45, 2.75) is 42.6 Å². The van der Waals surface area contributed by atoms with Crippen LogP contribution in [0.2, 0.25) is 0 Å². The van der Waals surface area contributed by atoms with Crippen LogP contribution >= 0.6 is 23.5 Å². The molecule has 0 fully saturated rings. The van der Waals surface area contributed by atoms with Crippen LogP contribution in [-0.2, 0) is 11.2 Å². The first-order chi connectivity index (χ1) is 14.9. The van der Waals surface area contributed by atoms with Crippen LogP contribution in [0, 0.1) is 0 Å². The van der Waals surface area contributed by atoms with Gasteiger partial charge < -0.3 is 21.5 Å². The summed E-state index contributed by atoms with van der Waals surface area (Å²) in [7, 11) is 1.68. The maximum absolute atomic E-state index is 11.9. The van der Waals surface area contributed by atoms with E-state index in [1.807, 2.05) is 43.3 Å². The molecule has 2 atom stereocenters. The molecule has 9 heteroatoms. The highest BCUT2D eigenvalue weighted by molar-refractivity contribution is 8.26. The van der Waals surface area contributed by atoms with E-state index in [1.165, 1.54) is 10.5 Å². The minimum absolute atomic E-state index is 0.00550. The topological polar surface area (TPSA) is 115 Å². The van der Waals surface area contributed by atoms with Crippen molar-refractivity contribution in [1.82, 2.24) is 5.32 Å². The molecule has 7 nitrogen and oxygen atoms in total. The van der Waals surface area contributed by atoms with Gasteiger partial charge in [-0.15, -0.1) is 0 Å². The van der Waals surface area contributed by atoms with Gasteiger partial charge in [-0.3, -0.25) is 10.1 Å². The van der Waals surface area contributed by atoms with E-state index in [4.69, 9.17) is 16.2 Å². The number of aliphatic imine (C=N–C) groups is 1. The lowest BCUT2D eigenvalue weighted by Crippen LogP contribution is -2.32. The molecule has 2 unspecified atom stereocenters. The molecule has 0 radical (unpaired) electrons. The first-order valence-corrected chi connectivity index (χ1v) is 11.9. The molecule has 0 aliphatic carbocycles. The molecule has 166 valence electrons. The number of rotatable bonds is 9. The third-order valence-corrected chi connectivity index (χ3v) is 6.52. The summed E-state index contributed by atoms with van der Waals surface area (Å²) in [5.74, 6) is 0.860. The van der Waals surface area contributed by atoms with Gasteiger partial charge in [0.25, 0.3) is 0 Å². The first-order valence-electron chi connectivity index (χ1n) is 10.2. The Morgan fingerprint density at radius 3 is 2.81 bits per heavy atom. The number of para-hydroxylation sites is 1. The largest absolute Gasteiger partial charge is 0.495 e. The third-order valence-electron chi connectivity index (χ3n) is 4.67. The minimum atomic E-state index is -0.0144. The van der Waals surface area contributed by atoms with Crippen LogP contribution in [0.4, 0.5) is 11.4 Å². The Balaban J connectivity index is 1.43. The number of hydrogen-bond donors (Lipinski definition) is 4. The Kier molecular flexibility index (Phi) is 8.65. The molecule has 0 bridgehead atoms. The van der Waals surface area contributed by atoms with Crippen LogP contribution in [-0.4, -0.2) is 35.5 Å². The summed E-state index contributed by atoms with van der Waals surface area (Å²) in [6, 6.07) is 13.9. The van der Waals surface area contributed by atoms with E-state index in [0.717, 1.165) is 41.9 Å². The summed E-state index contributed by atoms with van der Waals surface area (Å²) in [6.45, 7) is 2.71. The normalized spacial score (nSPS) is 16.5. The molecular formula is C22H29N5O2S2. The fraction of sp³-hybridized carbons (Fsp3) is 0.364. The molecule has 31 heavy (non-hydrogen) atoms. The fourth-order valence-corrected chi connectivity index (χ4v) is 4.72. The number of ether oxygens (including phenoxy) is 1. The lowest BCUT2D eigenvalue weighted by molar-refractivity contribution is -0.111. The van der Waals surface area contributed by atoms with Crippen LogP contribution in [0.5, 0.6) is 5.75 Å². The van der Waals surface area contributed by atoms with E-state index < -0.39 is 0 Å². The standard InChI is InChI=1S/C22H29N5O2S2/c1-14(23)6-11-19(28)31-21(24)26-16-9-7-15(8-10-16)12-13-25-22-27-20-17(29-2)4-3-5-18(20)30-22/h3-5,7-10,14,22,25,27H,6,11-13,23H2,1-2H3,(H2,24,26). The number of nitrogens with zero attached hydrogens (tertiary/aromatic N) is 1. The summed E-state index contributed by atoms with van der Waals surface area (Å²) < 4.78 is 5.41. The SMILES string of the molecule is COc1cccc2c1NC(NCCc1ccc(N=C(N)SC(=O)CCC(C)N)cc1)S2. The van der Waals surface area contributed by atoms with Crippen LogP contribution in [0.3, 0.4) is 0 Å². The van der Waals surface area contributed by atoms with Gasteiger partial charge in [0.05, 0.1) is 18.5 Å². The monoisotopic (exact) mass is 459 g/mol. The van der Waals surface area contributed by atoms with Crippen molar-refractivity contribution >= 4 is 45.2 Å². The molecule has 3 rings (SSSR count). The highest BCUT2D eigenvalue weighted by Crippen LogP contribution is 2.42. The summed E-state index contributed by atoms with van der Waals surface area (Å²) in [4.78, 5) is 17.4. The number of methoxy groups -OCH3 is 1. The van der Waals surface area contributed by atoms with Crippen molar-refractivity contribution in [3.05, 3.63) is 48.0 Å². The van der Waals surface area contributed by atoms with Gasteiger partial charge in [0.15, 0.2) is 10.3 Å². The van der Waals surface area contributed by atoms with Gasteiger partial charge in [-0.1, -0.05) is 30.0 Å². The summed E-state index contributed by atoms with van der Waals surface area (Å²) >= 11 is 2.72. The molecule has 0 saturated heterocycles. The second-order valence-electron chi connectivity index (χ2n) is 7.29. The predicted molar refractivity (Wildman–Crippen MR) is 131 cm³/mol. The summed E-state index contributed by atoms with van der Waals surface area (Å²) in [6.07, 6.45) is 1.93. The number of benzene rings is 2. The highest BCUT2D eigenvalue weighted by Gasteiger charge is 2.23. The summed E-state index contributed by atoms with van der Waals surface area (Å²) in [5.41, 5.74) is 14.7. The first kappa shape index (κ1) is 23.5. The van der Waals surface area contributed by atoms with Crippen LogP contribution in [0.25, 0.3) is 0 Å². The lowest BCUT2D eigenvalue weighted by Gasteiger charge is -2.13. The van der Waals surface area contributed by atoms with Crippen molar-refractivity contribution in [1.29, 1.82) is 0 Å². The minimum Gasteiger partial charge on any atom is -0.495 e. The molecule has 1 aliphatic heterocycles. The van der Waals surface area contributed by atoms with Crippen LogP contribution < -0.4 is 26.8 Å². The quantitative estimate of drug-likeness (QED) is 0.332. The molecule has 0 saturated carbocycles. The zero-order valence-corrected chi connectivity index (χ0v) is 19.4. The van der Waals surface area contributed by atoms with Gasteiger partial charge in [-0.05, 0) is 61.4 Å². The zero-order chi connectivity index (χ0) is 22.2. The molecule has 0 aromatic heterocycles. The van der Waals surface area contributed by atoms with E-state index in [1.54, 1.807) is 18.9 Å². The number of nitrogens with two attached hydrogens (primary N) is 2. The van der Waals surface area contributed by atoms with Gasteiger partial charge in [-0.25, -0.2) is 4.99 Å². The van der Waals surface area contributed by atoms with Gasteiger partial charge >= 0.3 is 0 Å². The Labute approximate surface area is 191 Å². The maximum atomic E-state index is 11.9. The van der Waals surface area contributed by atoms with E-state index in [0.29, 0.717) is 12.8 Å². The molecule has 1 aliphatic rings. The lowest BCUT2D eigenvalue weighted by atomic mass is 10.1. The van der Waals surface area contributed by atoms with Crippen molar-refractivity contribution in [2.24, 2.45) is 16.5 Å². The predicted octanol–water partition coefficient (Wildman–Crippen LogP) is 3.66. The Hall–Kier alpha value is -2.20. The average Bonchev–Trinajstić information content (AvgIpc) is 3.16. The highest BCUT2D eigenvalue weighted by atomic mass is 32.2. The van der Waals surface area contributed by atoms with E-state index in [9.17, 15) is 4.79 Å². The van der Waals surface area contributed by atoms with Gasteiger partial charge in [-0.2, -0.15) is 0 Å². The number of carbonyl (C=O) groups is 1. The Morgan fingerprint density at radius 2 is 2.10 bits per heavy atom. The van der Waals surface area contributed by atoms with Crippen molar-refractivity contribution in [2.75, 3.05) is 19.0 Å². The van der Waals surface area contributed by atoms with Gasteiger partial charge in [0, 0.05) is 23.9 Å². The molecular weight excluding hydrogens is 430 g/mol. The Bertz CT molecular complexity index is 919. The van der Waals surface area contributed by atoms with E-state index in [-0.39, 0.29) is 21.8 Å². The molecule has 6 N–H and O–H groups in total. The molecule has 0 amide bonds. The van der Waals surface area contributed by atoms with Crippen molar-refractivity contribution < 1.29 is 9.53 Å². The fourth-order valence-electron chi connectivity index (χ4n) is 3.05. The number of amidine groups is 1. The number of fused-ring (bicyclic) bond motifs is 1. The second kappa shape index (κ2) is 11.4. The zero-order valence-electron chi connectivity index (χ0n) is 17.8. The number of hydrogen-bond acceptors (Lipinski definition) is 8. The maximum Gasteiger partial charge on any atom is 0.196 e. The molecule has 1 heterocycles. The molecule has 2 aromatic rings. The second-order valence-corrected chi connectivity index (χ2v) is 9.51. The van der Waals surface area contributed by atoms with Crippen LogP contribution in [0.1, 0.15) is 25.3 Å². The number of nitrogens with one attached hydrogen (secondary N) is 2. The Morgan fingerprint density at radius 1 is 1.32 bits per heavy atom. The summed E-state index contributed by atoms with van der Waals surface area (Å²) in [5, 5.41) is 7.21. The van der Waals surface area contributed by atoms with Gasteiger partial charge in [0.1, 0.15) is 11.2 Å². The van der Waals surface area contributed by atoms with Crippen molar-refractivity contribution in [3.63, 3.8) is 0 Å². The van der Waals surface area contributed by atoms with E-state index in [2.05, 4.69) is 21.7 Å². The number of carbonyl (C=O) groups excluding carboxylic acids is 1. The molecule has 0 spiro atoms. The van der Waals surface area contributed by atoms with E-state index >= 15 is 0 Å².